The van der Waals surface area contributed by atoms with Crippen molar-refractivity contribution in [2.24, 2.45) is 4.99 Å². The Morgan fingerprint density at radius 2 is 1.52 bits per heavy atom. The molecular formula is C19H12Br2ClNO2. The third-order valence-corrected chi connectivity index (χ3v) is 4.61. The van der Waals surface area contributed by atoms with Crippen LogP contribution in [-0.4, -0.2) is 11.3 Å². The molecule has 0 fully saturated rings. The summed E-state index contributed by atoms with van der Waals surface area (Å²) >= 11 is 12.5. The summed E-state index contributed by atoms with van der Waals surface area (Å²) in [5, 5.41) is 10.7. The average molecular weight is 482 g/mol. The monoisotopic (exact) mass is 479 g/mol. The first-order chi connectivity index (χ1) is 12.0. The largest absolute Gasteiger partial charge is 0.506 e. The minimum atomic E-state index is 0.148. The van der Waals surface area contributed by atoms with Crippen molar-refractivity contribution in [2.45, 2.75) is 0 Å². The summed E-state index contributed by atoms with van der Waals surface area (Å²) in [5.41, 5.74) is 1.36. The predicted molar refractivity (Wildman–Crippen MR) is 109 cm³/mol. The van der Waals surface area contributed by atoms with Crippen LogP contribution in [0.5, 0.6) is 17.2 Å². The van der Waals surface area contributed by atoms with Gasteiger partial charge in [0.1, 0.15) is 17.2 Å². The Morgan fingerprint density at radius 3 is 2.16 bits per heavy atom. The van der Waals surface area contributed by atoms with E-state index >= 15 is 0 Å². The zero-order chi connectivity index (χ0) is 17.8. The van der Waals surface area contributed by atoms with Gasteiger partial charge in [-0.05, 0) is 76.6 Å². The molecule has 0 spiro atoms. The van der Waals surface area contributed by atoms with Crippen LogP contribution >= 0.6 is 43.5 Å². The lowest BCUT2D eigenvalue weighted by Gasteiger charge is -2.06. The van der Waals surface area contributed by atoms with E-state index in [1.807, 2.05) is 36.4 Å². The van der Waals surface area contributed by atoms with Gasteiger partial charge in [-0.2, -0.15) is 0 Å². The molecule has 3 rings (SSSR count). The number of hydrogen-bond donors (Lipinski definition) is 1. The van der Waals surface area contributed by atoms with E-state index < -0.39 is 0 Å². The fourth-order valence-corrected chi connectivity index (χ4v) is 3.45. The zero-order valence-electron chi connectivity index (χ0n) is 12.8. The second kappa shape index (κ2) is 8.04. The van der Waals surface area contributed by atoms with E-state index in [9.17, 15) is 5.11 Å². The highest BCUT2D eigenvalue weighted by Crippen LogP contribution is 2.31. The summed E-state index contributed by atoms with van der Waals surface area (Å²) in [5.74, 6) is 1.56. The summed E-state index contributed by atoms with van der Waals surface area (Å²) in [6, 6.07) is 18.1. The topological polar surface area (TPSA) is 41.8 Å². The number of aromatic hydroxyl groups is 1. The zero-order valence-corrected chi connectivity index (χ0v) is 16.7. The fourth-order valence-electron chi connectivity index (χ4n) is 2.07. The van der Waals surface area contributed by atoms with Gasteiger partial charge in [-0.1, -0.05) is 27.5 Å². The molecule has 0 unspecified atom stereocenters. The lowest BCUT2D eigenvalue weighted by molar-refractivity contribution is 0.471. The van der Waals surface area contributed by atoms with Crippen molar-refractivity contribution in [1.29, 1.82) is 0 Å². The Morgan fingerprint density at radius 1 is 0.920 bits per heavy atom. The maximum Gasteiger partial charge on any atom is 0.138 e. The molecule has 0 aliphatic heterocycles. The summed E-state index contributed by atoms with van der Waals surface area (Å²) in [4.78, 5) is 4.38. The van der Waals surface area contributed by atoms with Crippen LogP contribution in [0.15, 0.2) is 74.6 Å². The van der Waals surface area contributed by atoms with Crippen molar-refractivity contribution < 1.29 is 9.84 Å². The van der Waals surface area contributed by atoms with Crippen molar-refractivity contribution >= 4 is 55.4 Å². The second-order valence-corrected chi connectivity index (χ2v) is 7.34. The molecule has 0 aromatic heterocycles. The van der Waals surface area contributed by atoms with Crippen LogP contribution in [-0.2, 0) is 0 Å². The highest BCUT2D eigenvalue weighted by atomic mass is 79.9. The van der Waals surface area contributed by atoms with E-state index in [2.05, 4.69) is 36.9 Å². The van der Waals surface area contributed by atoms with Crippen molar-refractivity contribution in [3.05, 3.63) is 80.2 Å². The lowest BCUT2D eigenvalue weighted by atomic mass is 10.2. The quantitative estimate of drug-likeness (QED) is 0.403. The minimum Gasteiger partial charge on any atom is -0.506 e. The molecule has 0 saturated carbocycles. The number of hydrogen-bond acceptors (Lipinski definition) is 3. The molecule has 0 saturated heterocycles. The standard InChI is InChI=1S/C19H12Br2ClNO2/c20-13-9-12(19(24)18(21)10-13)11-23-15-3-7-17(8-4-15)25-16-5-1-14(22)2-6-16/h1-11,24H. The first kappa shape index (κ1) is 18.0. The van der Waals surface area contributed by atoms with Gasteiger partial charge in [0.2, 0.25) is 0 Å². The van der Waals surface area contributed by atoms with Crippen LogP contribution in [0.3, 0.4) is 0 Å². The summed E-state index contributed by atoms with van der Waals surface area (Å²) in [7, 11) is 0. The maximum atomic E-state index is 10.0. The first-order valence-corrected chi connectivity index (χ1v) is 9.23. The summed E-state index contributed by atoms with van der Waals surface area (Å²) in [6.45, 7) is 0. The van der Waals surface area contributed by atoms with Crippen LogP contribution in [0.25, 0.3) is 0 Å². The Labute approximate surface area is 167 Å². The van der Waals surface area contributed by atoms with E-state index in [0.29, 0.717) is 26.6 Å². The molecule has 0 bridgehead atoms. The van der Waals surface area contributed by atoms with Gasteiger partial charge in [0.05, 0.1) is 10.2 Å². The number of aliphatic imine (C=N–C) groups is 1. The number of ether oxygens (including phenoxy) is 1. The lowest BCUT2D eigenvalue weighted by Crippen LogP contribution is -1.85. The van der Waals surface area contributed by atoms with E-state index in [4.69, 9.17) is 16.3 Å². The highest BCUT2D eigenvalue weighted by Gasteiger charge is 2.05. The summed E-state index contributed by atoms with van der Waals surface area (Å²) < 4.78 is 7.20. The van der Waals surface area contributed by atoms with E-state index in [-0.39, 0.29) is 5.75 Å². The highest BCUT2D eigenvalue weighted by molar-refractivity contribution is 9.11. The molecule has 3 aromatic rings. The van der Waals surface area contributed by atoms with Gasteiger partial charge in [-0.3, -0.25) is 4.99 Å². The molecule has 0 heterocycles. The fraction of sp³-hybridized carbons (Fsp3) is 0. The molecule has 25 heavy (non-hydrogen) atoms. The third kappa shape index (κ3) is 4.84. The third-order valence-electron chi connectivity index (χ3n) is 3.30. The van der Waals surface area contributed by atoms with E-state index in [0.717, 1.165) is 10.2 Å². The SMILES string of the molecule is Oc1c(Br)cc(Br)cc1C=Nc1ccc(Oc2ccc(Cl)cc2)cc1. The van der Waals surface area contributed by atoms with Gasteiger partial charge in [-0.25, -0.2) is 0 Å². The second-order valence-electron chi connectivity index (χ2n) is 5.13. The smallest absolute Gasteiger partial charge is 0.138 e. The molecule has 6 heteroatoms. The minimum absolute atomic E-state index is 0.148. The van der Waals surface area contributed by atoms with E-state index in [1.165, 1.54) is 0 Å². The maximum absolute atomic E-state index is 10.0. The number of benzene rings is 3. The number of halogens is 3. The Bertz CT molecular complexity index is 910. The molecule has 0 aliphatic carbocycles. The predicted octanol–water partition coefficient (Wildman–Crippen LogP) is 7.11. The Hall–Kier alpha value is -1.82. The van der Waals surface area contributed by atoms with Crippen LogP contribution in [0.2, 0.25) is 5.02 Å². The molecular weight excluding hydrogens is 469 g/mol. The molecule has 1 N–H and O–H groups in total. The van der Waals surface area contributed by atoms with Gasteiger partial charge in [-0.15, -0.1) is 0 Å². The van der Waals surface area contributed by atoms with Crippen LogP contribution in [0.4, 0.5) is 5.69 Å². The Balaban J connectivity index is 1.73. The first-order valence-electron chi connectivity index (χ1n) is 7.27. The van der Waals surface area contributed by atoms with Gasteiger partial charge in [0, 0.05) is 21.3 Å². The molecule has 126 valence electrons. The molecule has 0 atom stereocenters. The van der Waals surface area contributed by atoms with Gasteiger partial charge < -0.3 is 9.84 Å². The van der Waals surface area contributed by atoms with Gasteiger partial charge >= 0.3 is 0 Å². The van der Waals surface area contributed by atoms with Crippen LogP contribution in [0, 0.1) is 0 Å². The molecule has 0 amide bonds. The van der Waals surface area contributed by atoms with Crippen LogP contribution < -0.4 is 4.74 Å². The van der Waals surface area contributed by atoms with Crippen molar-refractivity contribution in [1.82, 2.24) is 0 Å². The van der Waals surface area contributed by atoms with Gasteiger partial charge in [0.25, 0.3) is 0 Å². The average Bonchev–Trinajstić information content (AvgIpc) is 2.60. The van der Waals surface area contributed by atoms with Crippen molar-refractivity contribution in [2.75, 3.05) is 0 Å². The molecule has 0 aliphatic rings. The molecule has 3 nitrogen and oxygen atoms in total. The Kier molecular flexibility index (Phi) is 5.78. The number of phenols is 1. The molecule has 0 radical (unpaired) electrons. The number of nitrogens with zero attached hydrogens (tertiary/aromatic N) is 1. The van der Waals surface area contributed by atoms with Crippen LogP contribution in [0.1, 0.15) is 5.56 Å². The molecule has 3 aromatic carbocycles. The number of rotatable bonds is 4. The van der Waals surface area contributed by atoms with Crippen molar-refractivity contribution in [3.63, 3.8) is 0 Å². The van der Waals surface area contributed by atoms with Crippen molar-refractivity contribution in [3.8, 4) is 17.2 Å². The number of phenolic OH excluding ortho intramolecular Hbond substituents is 1. The normalized spacial score (nSPS) is 11.0. The van der Waals surface area contributed by atoms with E-state index in [1.54, 1.807) is 30.5 Å². The van der Waals surface area contributed by atoms with Gasteiger partial charge in [0.15, 0.2) is 0 Å². The summed E-state index contributed by atoms with van der Waals surface area (Å²) in [6.07, 6.45) is 1.61.